The molecule has 0 N–H and O–H groups in total. The number of carbonyl (C=O) groups excluding carboxylic acids is 1. The average Bonchev–Trinajstić information content (AvgIpc) is 3.11. The molecule has 1 aromatic carbocycles. The van der Waals surface area contributed by atoms with Crippen molar-refractivity contribution in [2.24, 2.45) is 0 Å². The van der Waals surface area contributed by atoms with Gasteiger partial charge in [0.25, 0.3) is 5.91 Å². The van der Waals surface area contributed by atoms with E-state index in [0.717, 1.165) is 11.3 Å². The SMILES string of the molecule is CN(C)CCN(C(=O)c1cc(Cl)sc1Cl)c1nc2c(F)cccc2s1. The Labute approximate surface area is 162 Å². The second-order valence-electron chi connectivity index (χ2n) is 5.58. The lowest BCUT2D eigenvalue weighted by Crippen LogP contribution is -2.36. The molecule has 0 atom stereocenters. The monoisotopic (exact) mass is 417 g/mol. The molecule has 0 fully saturated rings. The number of aromatic nitrogens is 1. The minimum Gasteiger partial charge on any atom is -0.308 e. The van der Waals surface area contributed by atoms with Gasteiger partial charge in [-0.25, -0.2) is 9.37 Å². The van der Waals surface area contributed by atoms with Gasteiger partial charge in [-0.1, -0.05) is 40.6 Å². The molecule has 132 valence electrons. The number of thiophene rings is 1. The summed E-state index contributed by atoms with van der Waals surface area (Å²) in [6, 6.07) is 6.31. The summed E-state index contributed by atoms with van der Waals surface area (Å²) in [4.78, 5) is 20.8. The molecule has 0 aliphatic heterocycles. The number of halogens is 3. The zero-order valence-electron chi connectivity index (χ0n) is 13.4. The Hall–Kier alpha value is -1.25. The summed E-state index contributed by atoms with van der Waals surface area (Å²) in [5.41, 5.74) is 0.592. The number of amides is 1. The number of hydrogen-bond donors (Lipinski definition) is 0. The van der Waals surface area contributed by atoms with Crippen LogP contribution in [0.3, 0.4) is 0 Å². The maximum atomic E-state index is 14.0. The van der Waals surface area contributed by atoms with E-state index in [1.165, 1.54) is 22.3 Å². The van der Waals surface area contributed by atoms with Gasteiger partial charge in [0.15, 0.2) is 5.13 Å². The highest BCUT2D eigenvalue weighted by atomic mass is 35.5. The normalized spacial score (nSPS) is 11.4. The molecule has 0 bridgehead atoms. The maximum Gasteiger partial charge on any atom is 0.262 e. The largest absolute Gasteiger partial charge is 0.308 e. The third-order valence-corrected chi connectivity index (χ3v) is 6.02. The van der Waals surface area contributed by atoms with Crippen LogP contribution in [0.4, 0.5) is 9.52 Å². The summed E-state index contributed by atoms with van der Waals surface area (Å²) in [6.07, 6.45) is 0. The molecule has 0 spiro atoms. The van der Waals surface area contributed by atoms with Crippen molar-refractivity contribution in [3.63, 3.8) is 0 Å². The molecule has 3 aromatic rings. The van der Waals surface area contributed by atoms with E-state index in [1.54, 1.807) is 18.2 Å². The zero-order valence-corrected chi connectivity index (χ0v) is 16.6. The fourth-order valence-corrected chi connectivity index (χ4v) is 4.69. The first-order chi connectivity index (χ1) is 11.9. The molecule has 25 heavy (non-hydrogen) atoms. The number of rotatable bonds is 5. The van der Waals surface area contributed by atoms with Gasteiger partial charge in [-0.3, -0.25) is 9.69 Å². The highest BCUT2D eigenvalue weighted by molar-refractivity contribution is 7.22. The summed E-state index contributed by atoms with van der Waals surface area (Å²) in [5, 5.41) is 0.435. The van der Waals surface area contributed by atoms with Crippen molar-refractivity contribution in [3.05, 3.63) is 44.3 Å². The molecule has 9 heteroatoms. The molecule has 1 amide bonds. The van der Waals surface area contributed by atoms with Gasteiger partial charge in [0.05, 0.1) is 14.6 Å². The van der Waals surface area contributed by atoms with E-state index in [-0.39, 0.29) is 11.4 Å². The first-order valence-electron chi connectivity index (χ1n) is 7.33. The van der Waals surface area contributed by atoms with Crippen LogP contribution in [-0.2, 0) is 0 Å². The van der Waals surface area contributed by atoms with E-state index in [0.29, 0.717) is 37.2 Å². The van der Waals surface area contributed by atoms with E-state index in [9.17, 15) is 9.18 Å². The highest BCUT2D eigenvalue weighted by Gasteiger charge is 2.25. The van der Waals surface area contributed by atoms with Gasteiger partial charge in [-0.05, 0) is 32.3 Å². The van der Waals surface area contributed by atoms with E-state index >= 15 is 0 Å². The Morgan fingerprint density at radius 1 is 1.24 bits per heavy atom. The lowest BCUT2D eigenvalue weighted by atomic mass is 10.3. The summed E-state index contributed by atoms with van der Waals surface area (Å²) in [7, 11) is 3.82. The van der Waals surface area contributed by atoms with Crippen LogP contribution in [0.1, 0.15) is 10.4 Å². The van der Waals surface area contributed by atoms with Gasteiger partial charge in [0, 0.05) is 13.1 Å². The standard InChI is InChI=1S/C16H14Cl2FN3OS2/c1-21(2)6-7-22(15(23)9-8-12(17)25-14(9)18)16-20-13-10(19)4-3-5-11(13)24-16/h3-5,8H,6-7H2,1-2H3. The van der Waals surface area contributed by atoms with E-state index in [4.69, 9.17) is 23.2 Å². The maximum absolute atomic E-state index is 14.0. The number of para-hydroxylation sites is 1. The smallest absolute Gasteiger partial charge is 0.262 e. The number of thiazole rings is 1. The van der Waals surface area contributed by atoms with Crippen LogP contribution in [0.25, 0.3) is 10.2 Å². The van der Waals surface area contributed by atoms with Crippen LogP contribution >= 0.6 is 45.9 Å². The Morgan fingerprint density at radius 3 is 2.60 bits per heavy atom. The number of likely N-dealkylation sites (N-methyl/N-ethyl adjacent to an activating group) is 1. The van der Waals surface area contributed by atoms with Crippen molar-refractivity contribution in [1.29, 1.82) is 0 Å². The zero-order chi connectivity index (χ0) is 18.1. The summed E-state index contributed by atoms with van der Waals surface area (Å²) in [5.74, 6) is -0.703. The third kappa shape index (κ3) is 3.96. The predicted octanol–water partition coefficient (Wildman–Crippen LogP) is 5.01. The molecule has 0 saturated heterocycles. The first kappa shape index (κ1) is 18.5. The fraction of sp³-hybridized carbons (Fsp3) is 0.250. The van der Waals surface area contributed by atoms with E-state index < -0.39 is 5.82 Å². The van der Waals surface area contributed by atoms with E-state index in [1.807, 2.05) is 19.0 Å². The topological polar surface area (TPSA) is 36.4 Å². The van der Waals surface area contributed by atoms with Crippen molar-refractivity contribution in [2.45, 2.75) is 0 Å². The number of benzene rings is 1. The van der Waals surface area contributed by atoms with Gasteiger partial charge in [-0.15, -0.1) is 11.3 Å². The number of hydrogen-bond acceptors (Lipinski definition) is 5. The van der Waals surface area contributed by atoms with Gasteiger partial charge in [0.2, 0.25) is 0 Å². The molecule has 0 saturated carbocycles. The van der Waals surface area contributed by atoms with Gasteiger partial charge in [-0.2, -0.15) is 0 Å². The van der Waals surface area contributed by atoms with Crippen LogP contribution in [0.15, 0.2) is 24.3 Å². The lowest BCUT2D eigenvalue weighted by molar-refractivity contribution is 0.0986. The molecular formula is C16H14Cl2FN3OS2. The van der Waals surface area contributed by atoms with Crippen LogP contribution in [-0.4, -0.2) is 43.0 Å². The number of nitrogens with zero attached hydrogens (tertiary/aromatic N) is 3. The number of carbonyl (C=O) groups is 1. The molecule has 2 heterocycles. The van der Waals surface area contributed by atoms with Crippen molar-refractivity contribution in [2.75, 3.05) is 32.1 Å². The summed E-state index contributed by atoms with van der Waals surface area (Å²) >= 11 is 14.5. The molecule has 0 aliphatic carbocycles. The van der Waals surface area contributed by atoms with Crippen molar-refractivity contribution in [3.8, 4) is 0 Å². The first-order valence-corrected chi connectivity index (χ1v) is 9.72. The Kier molecular flexibility index (Phi) is 5.60. The lowest BCUT2D eigenvalue weighted by Gasteiger charge is -2.21. The predicted molar refractivity (Wildman–Crippen MR) is 104 cm³/mol. The molecule has 0 radical (unpaired) electrons. The molecule has 0 unspecified atom stereocenters. The van der Waals surface area contributed by atoms with Crippen LogP contribution < -0.4 is 4.90 Å². The summed E-state index contributed by atoms with van der Waals surface area (Å²) < 4.78 is 15.4. The van der Waals surface area contributed by atoms with Crippen molar-refractivity contribution >= 4 is 67.1 Å². The van der Waals surface area contributed by atoms with Crippen LogP contribution in [0.5, 0.6) is 0 Å². The third-order valence-electron chi connectivity index (χ3n) is 3.49. The quantitative estimate of drug-likeness (QED) is 0.584. The van der Waals surface area contributed by atoms with Gasteiger partial charge in [0.1, 0.15) is 15.7 Å². The highest BCUT2D eigenvalue weighted by Crippen LogP contribution is 2.35. The Bertz CT molecular complexity index is 925. The number of anilines is 1. The second-order valence-corrected chi connectivity index (χ2v) is 8.88. The van der Waals surface area contributed by atoms with Crippen LogP contribution in [0, 0.1) is 5.82 Å². The van der Waals surface area contributed by atoms with Crippen LogP contribution in [0.2, 0.25) is 8.67 Å². The minimum absolute atomic E-state index is 0.264. The second kappa shape index (κ2) is 7.55. The molecular weight excluding hydrogens is 404 g/mol. The minimum atomic E-state index is -0.406. The molecule has 0 aliphatic rings. The summed E-state index contributed by atoms with van der Waals surface area (Å²) in [6.45, 7) is 1.02. The fourth-order valence-electron chi connectivity index (χ4n) is 2.23. The number of fused-ring (bicyclic) bond motifs is 1. The molecule has 2 aromatic heterocycles. The van der Waals surface area contributed by atoms with Crippen molar-refractivity contribution in [1.82, 2.24) is 9.88 Å². The molecule has 3 rings (SSSR count). The Morgan fingerprint density at radius 2 is 2.00 bits per heavy atom. The average molecular weight is 418 g/mol. The van der Waals surface area contributed by atoms with Gasteiger partial charge >= 0.3 is 0 Å². The van der Waals surface area contributed by atoms with E-state index in [2.05, 4.69) is 4.98 Å². The molecule has 4 nitrogen and oxygen atoms in total. The Balaban J connectivity index is 2.02. The van der Waals surface area contributed by atoms with Crippen molar-refractivity contribution < 1.29 is 9.18 Å². The van der Waals surface area contributed by atoms with Gasteiger partial charge < -0.3 is 4.90 Å².